The number of fused-ring (bicyclic) bond motifs is 5. The van der Waals surface area contributed by atoms with Gasteiger partial charge >= 0.3 is 0 Å². The van der Waals surface area contributed by atoms with Gasteiger partial charge < -0.3 is 5.11 Å². The Morgan fingerprint density at radius 1 is 1.03 bits per heavy atom. The summed E-state index contributed by atoms with van der Waals surface area (Å²) in [6.07, 6.45) is 13.7. The molecule has 29 heavy (non-hydrogen) atoms. The molecule has 0 saturated heterocycles. The first kappa shape index (κ1) is 21.4. The molecule has 164 valence electrons. The highest BCUT2D eigenvalue weighted by Crippen LogP contribution is 2.67. The molecule has 2 heteroatoms. The molecule has 0 aromatic rings. The van der Waals surface area contributed by atoms with E-state index in [9.17, 15) is 9.90 Å². The number of ketones is 1. The van der Waals surface area contributed by atoms with Gasteiger partial charge in [-0.3, -0.25) is 4.79 Å². The van der Waals surface area contributed by atoms with Crippen molar-refractivity contribution in [3.05, 3.63) is 11.8 Å². The van der Waals surface area contributed by atoms with Crippen LogP contribution in [0.15, 0.2) is 11.8 Å². The molecule has 0 amide bonds. The van der Waals surface area contributed by atoms with Gasteiger partial charge in [0.05, 0.1) is 5.76 Å². The smallest absolute Gasteiger partial charge is 0.136 e. The fourth-order valence-electron chi connectivity index (χ4n) is 8.56. The topological polar surface area (TPSA) is 37.3 Å². The van der Waals surface area contributed by atoms with E-state index in [0.717, 1.165) is 30.6 Å². The van der Waals surface area contributed by atoms with E-state index in [-0.39, 0.29) is 11.3 Å². The van der Waals surface area contributed by atoms with Crippen molar-refractivity contribution < 1.29 is 9.90 Å². The molecule has 4 aliphatic carbocycles. The molecule has 0 spiro atoms. The zero-order valence-electron chi connectivity index (χ0n) is 19.5. The fourth-order valence-corrected chi connectivity index (χ4v) is 8.56. The summed E-state index contributed by atoms with van der Waals surface area (Å²) >= 11 is 0. The van der Waals surface area contributed by atoms with Crippen molar-refractivity contribution in [1.82, 2.24) is 0 Å². The molecule has 3 fully saturated rings. The lowest BCUT2D eigenvalue weighted by atomic mass is 9.44. The number of allylic oxidation sites excluding steroid dienone is 2. The maximum atomic E-state index is 13.4. The van der Waals surface area contributed by atoms with E-state index in [0.29, 0.717) is 41.1 Å². The highest BCUT2D eigenvalue weighted by molar-refractivity contribution is 5.83. The molecule has 0 radical (unpaired) electrons. The van der Waals surface area contributed by atoms with Crippen LogP contribution in [0.25, 0.3) is 0 Å². The van der Waals surface area contributed by atoms with E-state index in [2.05, 4.69) is 40.7 Å². The monoisotopic (exact) mass is 400 g/mol. The number of aliphatic hydroxyl groups is 1. The molecule has 1 N–H and O–H groups in total. The summed E-state index contributed by atoms with van der Waals surface area (Å²) in [5, 5.41) is 10.1. The lowest BCUT2D eigenvalue weighted by Crippen LogP contribution is -2.56. The summed E-state index contributed by atoms with van der Waals surface area (Å²) < 4.78 is 0. The molecular formula is C27H44O2. The molecule has 1 unspecified atom stereocenters. The van der Waals surface area contributed by atoms with Crippen LogP contribution in [0.4, 0.5) is 0 Å². The lowest BCUT2D eigenvalue weighted by molar-refractivity contribution is -0.153. The van der Waals surface area contributed by atoms with Gasteiger partial charge in [-0.2, -0.15) is 0 Å². The van der Waals surface area contributed by atoms with Gasteiger partial charge in [-0.1, -0.05) is 53.9 Å². The minimum absolute atomic E-state index is 0.215. The third kappa shape index (κ3) is 3.51. The highest BCUT2D eigenvalue weighted by Gasteiger charge is 2.62. The molecule has 4 rings (SSSR count). The molecule has 2 nitrogen and oxygen atoms in total. The average Bonchev–Trinajstić information content (AvgIpc) is 3.00. The van der Waals surface area contributed by atoms with Crippen LogP contribution in [0.1, 0.15) is 98.8 Å². The van der Waals surface area contributed by atoms with Crippen LogP contribution in [0, 0.1) is 52.3 Å². The summed E-state index contributed by atoms with van der Waals surface area (Å²) in [5.74, 6) is 5.24. The molecule has 0 aromatic heterocycles. The van der Waals surface area contributed by atoms with Gasteiger partial charge in [-0.25, -0.2) is 0 Å². The zero-order valence-corrected chi connectivity index (χ0v) is 19.5. The predicted molar refractivity (Wildman–Crippen MR) is 120 cm³/mol. The Bertz CT molecular complexity index is 663. The van der Waals surface area contributed by atoms with Crippen molar-refractivity contribution in [2.75, 3.05) is 0 Å². The normalized spacial score (nSPS) is 45.4. The largest absolute Gasteiger partial charge is 0.513 e. The van der Waals surface area contributed by atoms with E-state index < -0.39 is 0 Å². The van der Waals surface area contributed by atoms with Crippen LogP contribution in [0.2, 0.25) is 0 Å². The van der Waals surface area contributed by atoms with Crippen molar-refractivity contribution in [1.29, 1.82) is 0 Å². The molecule has 0 aromatic carbocycles. The van der Waals surface area contributed by atoms with Gasteiger partial charge in [0.15, 0.2) is 0 Å². The van der Waals surface area contributed by atoms with Crippen molar-refractivity contribution in [2.45, 2.75) is 98.8 Å². The van der Waals surface area contributed by atoms with Crippen molar-refractivity contribution in [3.8, 4) is 0 Å². The van der Waals surface area contributed by atoms with Gasteiger partial charge in [0, 0.05) is 18.8 Å². The van der Waals surface area contributed by atoms with Crippen LogP contribution in [0.5, 0.6) is 0 Å². The Kier molecular flexibility index (Phi) is 5.71. The van der Waals surface area contributed by atoms with Crippen LogP contribution in [-0.4, -0.2) is 10.9 Å². The fraction of sp³-hybridized carbons (Fsp3) is 0.889. The number of aliphatic hydroxyl groups excluding tert-OH is 1. The van der Waals surface area contributed by atoms with E-state index in [1.807, 2.05) is 0 Å². The second-order valence-corrected chi connectivity index (χ2v) is 12.2. The van der Waals surface area contributed by atoms with Gasteiger partial charge in [-0.05, 0) is 84.5 Å². The first-order valence-electron chi connectivity index (χ1n) is 12.6. The number of Topliss-reactive ketones (excluding diaryl/α,β-unsaturated/α-hetero) is 1. The van der Waals surface area contributed by atoms with Gasteiger partial charge in [0.25, 0.3) is 0 Å². The first-order valence-corrected chi connectivity index (χ1v) is 12.6. The molecule has 0 heterocycles. The summed E-state index contributed by atoms with van der Waals surface area (Å²) in [6.45, 7) is 12.2. The second kappa shape index (κ2) is 7.72. The quantitative estimate of drug-likeness (QED) is 0.524. The summed E-state index contributed by atoms with van der Waals surface area (Å²) in [4.78, 5) is 13.4. The Hall–Kier alpha value is -0.790. The lowest BCUT2D eigenvalue weighted by Gasteiger charge is -2.59. The minimum atomic E-state index is 0.215. The van der Waals surface area contributed by atoms with Gasteiger partial charge in [0.1, 0.15) is 5.78 Å². The zero-order chi connectivity index (χ0) is 21.0. The highest BCUT2D eigenvalue weighted by atomic mass is 16.3. The molecular weight excluding hydrogens is 356 g/mol. The van der Waals surface area contributed by atoms with Crippen molar-refractivity contribution in [2.24, 2.45) is 52.3 Å². The summed E-state index contributed by atoms with van der Waals surface area (Å²) in [6, 6.07) is 0. The Balaban J connectivity index is 1.53. The molecule has 4 aliphatic rings. The van der Waals surface area contributed by atoms with Crippen molar-refractivity contribution in [3.63, 3.8) is 0 Å². The molecule has 0 aliphatic heterocycles. The van der Waals surface area contributed by atoms with Gasteiger partial charge in [-0.15, -0.1) is 0 Å². The Morgan fingerprint density at radius 2 is 1.76 bits per heavy atom. The first-order chi connectivity index (χ1) is 13.7. The van der Waals surface area contributed by atoms with Crippen LogP contribution < -0.4 is 0 Å². The van der Waals surface area contributed by atoms with Crippen LogP contribution in [-0.2, 0) is 4.79 Å². The third-order valence-electron chi connectivity index (χ3n) is 10.3. The number of hydrogen-bond donors (Lipinski definition) is 1. The standard InChI is InChI=1S/C27H44O2/c1-17(2)7-6-8-18(3)21-9-10-22-25-23(12-14-27(21,22)5)26(4)13-11-20(28)15-19(26)16-24(25)29/h11,17-19,21-23,25,28H,6-10,12-16H2,1-5H3/t18-,19?,21-,22+,23+,25+,26+,27-/m1/s1. The van der Waals surface area contributed by atoms with Crippen molar-refractivity contribution >= 4 is 5.78 Å². The summed E-state index contributed by atoms with van der Waals surface area (Å²) in [7, 11) is 0. The summed E-state index contributed by atoms with van der Waals surface area (Å²) in [5.41, 5.74) is 0.580. The van der Waals surface area contributed by atoms with Crippen LogP contribution in [0.3, 0.4) is 0 Å². The molecule has 0 bridgehead atoms. The van der Waals surface area contributed by atoms with Gasteiger partial charge in [0.2, 0.25) is 0 Å². The molecule has 3 saturated carbocycles. The van der Waals surface area contributed by atoms with Crippen LogP contribution >= 0.6 is 0 Å². The van der Waals surface area contributed by atoms with E-state index in [4.69, 9.17) is 0 Å². The Morgan fingerprint density at radius 3 is 2.48 bits per heavy atom. The SMILES string of the molecule is CC(C)CCC[C@@H](C)[C@H]1CC[C@H]2[C@@H]3C(=O)CC4CC(O)=CC[C@]4(C)[C@H]3CC[C@]12C. The van der Waals surface area contributed by atoms with E-state index in [1.165, 1.54) is 44.9 Å². The number of carbonyl (C=O) groups is 1. The minimum Gasteiger partial charge on any atom is -0.513 e. The van der Waals surface area contributed by atoms with E-state index >= 15 is 0 Å². The molecule has 8 atom stereocenters. The number of carbonyl (C=O) groups excluding carboxylic acids is 1. The predicted octanol–water partition coefficient (Wildman–Crippen LogP) is 7.34. The number of rotatable bonds is 5. The van der Waals surface area contributed by atoms with E-state index in [1.54, 1.807) is 0 Å². The maximum Gasteiger partial charge on any atom is 0.136 e. The Labute approximate surface area is 178 Å². The average molecular weight is 401 g/mol. The second-order valence-electron chi connectivity index (χ2n) is 12.2. The maximum absolute atomic E-state index is 13.4. The third-order valence-corrected chi connectivity index (χ3v) is 10.3. The number of hydrogen-bond acceptors (Lipinski definition) is 2.